The fraction of sp³-hybridized carbons (Fsp3) is 0.500. The molecule has 1 atom stereocenters. The van der Waals surface area contributed by atoms with E-state index in [4.69, 9.17) is 14.0 Å². The minimum Gasteiger partial charge on any atom is -0.478 e. The molecule has 1 unspecified atom stereocenters. The number of amides is 2. The molecule has 10 nitrogen and oxygen atoms in total. The molecule has 2 rings (SSSR count). The number of hydrogen-bond donors (Lipinski definition) is 2. The molecule has 2 aromatic rings. The van der Waals surface area contributed by atoms with Crippen molar-refractivity contribution in [1.82, 2.24) is 25.8 Å². The largest absolute Gasteiger partial charge is 0.478 e. The van der Waals surface area contributed by atoms with Crippen LogP contribution < -0.4 is 15.4 Å². The molecule has 2 amide bonds. The Labute approximate surface area is 163 Å². The zero-order valence-electron chi connectivity index (χ0n) is 16.6. The molecule has 28 heavy (non-hydrogen) atoms. The minimum absolute atomic E-state index is 0.0244. The van der Waals surface area contributed by atoms with Crippen LogP contribution in [0.3, 0.4) is 0 Å². The zero-order chi connectivity index (χ0) is 20.7. The number of carbonyl (C=O) groups is 2. The first-order chi connectivity index (χ1) is 13.2. The molecule has 2 N–H and O–H groups in total. The van der Waals surface area contributed by atoms with Crippen molar-refractivity contribution >= 4 is 12.0 Å². The number of nitrogens with one attached hydrogen (secondary N) is 2. The summed E-state index contributed by atoms with van der Waals surface area (Å²) in [4.78, 5) is 32.2. The van der Waals surface area contributed by atoms with Gasteiger partial charge in [0.1, 0.15) is 11.6 Å². The van der Waals surface area contributed by atoms with Crippen molar-refractivity contribution in [3.8, 4) is 17.3 Å². The van der Waals surface area contributed by atoms with Gasteiger partial charge in [-0.25, -0.2) is 9.78 Å². The lowest BCUT2D eigenvalue weighted by atomic mass is 10.2. The quantitative estimate of drug-likeness (QED) is 0.734. The molecule has 0 aliphatic heterocycles. The van der Waals surface area contributed by atoms with Crippen molar-refractivity contribution in [2.24, 2.45) is 0 Å². The summed E-state index contributed by atoms with van der Waals surface area (Å²) in [6, 6.07) is 2.69. The van der Waals surface area contributed by atoms with Crippen molar-refractivity contribution < 1.29 is 23.6 Å². The van der Waals surface area contributed by atoms with Gasteiger partial charge in [-0.2, -0.15) is 4.98 Å². The molecule has 0 aliphatic carbocycles. The second-order valence-electron chi connectivity index (χ2n) is 6.92. The van der Waals surface area contributed by atoms with Gasteiger partial charge in [0.05, 0.1) is 13.2 Å². The topological polar surface area (TPSA) is 128 Å². The summed E-state index contributed by atoms with van der Waals surface area (Å²) in [5.41, 5.74) is 0.0145. The van der Waals surface area contributed by atoms with Crippen molar-refractivity contribution in [2.75, 3.05) is 6.61 Å². The normalized spacial score (nSPS) is 12.2. The summed E-state index contributed by atoms with van der Waals surface area (Å²) in [6.45, 7) is 9.19. The van der Waals surface area contributed by atoms with Crippen LogP contribution in [0.4, 0.5) is 4.79 Å². The highest BCUT2D eigenvalue weighted by atomic mass is 16.6. The van der Waals surface area contributed by atoms with Gasteiger partial charge in [0.15, 0.2) is 0 Å². The minimum atomic E-state index is -0.785. The molecule has 0 aliphatic rings. The van der Waals surface area contributed by atoms with Crippen LogP contribution in [-0.4, -0.2) is 45.4 Å². The highest BCUT2D eigenvalue weighted by Crippen LogP contribution is 2.17. The average Bonchev–Trinajstić information content (AvgIpc) is 3.07. The van der Waals surface area contributed by atoms with Crippen LogP contribution in [0.15, 0.2) is 22.9 Å². The van der Waals surface area contributed by atoms with Gasteiger partial charge in [-0.05, 0) is 40.7 Å². The number of alkyl carbamates (subject to hydrolysis) is 1. The van der Waals surface area contributed by atoms with Crippen molar-refractivity contribution in [3.05, 3.63) is 24.2 Å². The van der Waals surface area contributed by atoms with Crippen LogP contribution in [0.25, 0.3) is 11.4 Å². The molecule has 10 heteroatoms. The number of nitrogens with zero attached hydrogens (tertiary/aromatic N) is 3. The molecule has 2 aromatic heterocycles. The van der Waals surface area contributed by atoms with E-state index >= 15 is 0 Å². The average molecular weight is 391 g/mol. The van der Waals surface area contributed by atoms with Crippen molar-refractivity contribution in [3.63, 3.8) is 0 Å². The lowest BCUT2D eigenvalue weighted by Crippen LogP contribution is -2.46. The molecule has 0 saturated carbocycles. The highest BCUT2D eigenvalue weighted by Gasteiger charge is 2.21. The first-order valence-corrected chi connectivity index (χ1v) is 8.87. The second kappa shape index (κ2) is 9.16. The summed E-state index contributed by atoms with van der Waals surface area (Å²) in [7, 11) is 0. The Hall–Kier alpha value is -3.17. The fourth-order valence-electron chi connectivity index (χ4n) is 2.06. The summed E-state index contributed by atoms with van der Waals surface area (Å²) in [6.07, 6.45) is 0.906. The van der Waals surface area contributed by atoms with Crippen molar-refractivity contribution in [2.45, 2.75) is 52.8 Å². The van der Waals surface area contributed by atoms with E-state index in [0.29, 0.717) is 23.9 Å². The maximum atomic E-state index is 12.1. The predicted octanol–water partition coefficient (Wildman–Crippen LogP) is 2.06. The van der Waals surface area contributed by atoms with E-state index in [1.165, 1.54) is 0 Å². The fourth-order valence-corrected chi connectivity index (χ4v) is 2.06. The molecule has 0 bridgehead atoms. The summed E-state index contributed by atoms with van der Waals surface area (Å²) in [5.74, 6) is 0.670. The van der Waals surface area contributed by atoms with Gasteiger partial charge in [-0.3, -0.25) is 4.79 Å². The molecule has 0 saturated heterocycles. The predicted molar refractivity (Wildman–Crippen MR) is 99.4 cm³/mol. The lowest BCUT2D eigenvalue weighted by molar-refractivity contribution is -0.123. The molecular weight excluding hydrogens is 366 g/mol. The van der Waals surface area contributed by atoms with Gasteiger partial charge in [-0.15, -0.1) is 0 Å². The van der Waals surface area contributed by atoms with E-state index in [2.05, 4.69) is 25.8 Å². The van der Waals surface area contributed by atoms with Gasteiger partial charge in [0.25, 0.3) is 0 Å². The smallest absolute Gasteiger partial charge is 0.408 e. The highest BCUT2D eigenvalue weighted by molar-refractivity contribution is 5.85. The number of pyridine rings is 1. The molecular formula is C18H25N5O5. The first-order valence-electron chi connectivity index (χ1n) is 8.87. The zero-order valence-corrected chi connectivity index (χ0v) is 16.6. The van der Waals surface area contributed by atoms with Gasteiger partial charge in [-0.1, -0.05) is 5.16 Å². The standard InChI is InChI=1S/C18H25N5O5/c1-6-26-13-8-7-12(9-19-13)15-22-14(28-23-15)10-20-16(24)11(2)21-17(25)27-18(3,4)5/h7-9,11H,6,10H2,1-5H3,(H,20,24)(H,21,25). The number of hydrogen-bond acceptors (Lipinski definition) is 8. The second-order valence-corrected chi connectivity index (χ2v) is 6.92. The van der Waals surface area contributed by atoms with Crippen LogP contribution >= 0.6 is 0 Å². The summed E-state index contributed by atoms with van der Waals surface area (Å²) < 4.78 is 15.5. The maximum Gasteiger partial charge on any atom is 0.408 e. The summed E-state index contributed by atoms with van der Waals surface area (Å²) >= 11 is 0. The Bertz CT molecular complexity index is 797. The van der Waals surface area contributed by atoms with Gasteiger partial charge >= 0.3 is 6.09 Å². The molecule has 152 valence electrons. The van der Waals surface area contributed by atoms with Crippen LogP contribution in [0.1, 0.15) is 40.5 Å². The Morgan fingerprint density at radius 2 is 2.04 bits per heavy atom. The van der Waals surface area contributed by atoms with Crippen LogP contribution in [-0.2, 0) is 16.1 Å². The molecule has 0 radical (unpaired) electrons. The van der Waals surface area contributed by atoms with E-state index in [0.717, 1.165) is 0 Å². The van der Waals surface area contributed by atoms with E-state index in [1.807, 2.05) is 6.92 Å². The number of carbonyl (C=O) groups excluding carboxylic acids is 2. The maximum absolute atomic E-state index is 12.1. The first kappa shape index (κ1) is 21.1. The van der Waals surface area contributed by atoms with E-state index in [9.17, 15) is 9.59 Å². The molecule has 0 aromatic carbocycles. The molecule has 2 heterocycles. The molecule has 0 fully saturated rings. The Morgan fingerprint density at radius 3 is 2.64 bits per heavy atom. The van der Waals surface area contributed by atoms with E-state index in [1.54, 1.807) is 46.0 Å². The van der Waals surface area contributed by atoms with Gasteiger partial charge < -0.3 is 24.6 Å². The Kier molecular flexibility index (Phi) is 6.91. The SMILES string of the molecule is CCOc1ccc(-c2noc(CNC(=O)C(C)NC(=O)OC(C)(C)C)n2)cn1. The third kappa shape index (κ3) is 6.53. The number of ether oxygens (including phenoxy) is 2. The summed E-state index contributed by atoms with van der Waals surface area (Å²) in [5, 5.41) is 8.94. The Balaban J connectivity index is 1.86. The lowest BCUT2D eigenvalue weighted by Gasteiger charge is -2.21. The van der Waals surface area contributed by atoms with E-state index in [-0.39, 0.29) is 12.4 Å². The van der Waals surface area contributed by atoms with Crippen LogP contribution in [0.2, 0.25) is 0 Å². The van der Waals surface area contributed by atoms with Crippen molar-refractivity contribution in [1.29, 1.82) is 0 Å². The van der Waals surface area contributed by atoms with Gasteiger partial charge in [0.2, 0.25) is 23.5 Å². The van der Waals surface area contributed by atoms with Gasteiger partial charge in [0, 0.05) is 17.8 Å². The van der Waals surface area contributed by atoms with E-state index < -0.39 is 23.6 Å². The third-order valence-corrected chi connectivity index (χ3v) is 3.30. The monoisotopic (exact) mass is 391 g/mol. The Morgan fingerprint density at radius 1 is 1.29 bits per heavy atom. The molecule has 0 spiro atoms. The van der Waals surface area contributed by atoms with Crippen LogP contribution in [0, 0.1) is 0 Å². The number of rotatable bonds is 7. The van der Waals surface area contributed by atoms with Crippen LogP contribution in [0.5, 0.6) is 5.88 Å². The number of aromatic nitrogens is 3. The third-order valence-electron chi connectivity index (χ3n) is 3.30.